The second-order valence-electron chi connectivity index (χ2n) is 3.89. The van der Waals surface area contributed by atoms with Crippen molar-refractivity contribution >= 4 is 21.8 Å². The van der Waals surface area contributed by atoms with Gasteiger partial charge in [0.2, 0.25) is 0 Å². The van der Waals surface area contributed by atoms with Crippen LogP contribution in [0.15, 0.2) is 33.5 Å². The third-order valence-corrected chi connectivity index (χ3v) is 3.33. The Morgan fingerprint density at radius 1 is 1.61 bits per heavy atom. The lowest BCUT2D eigenvalue weighted by molar-refractivity contribution is 0.0749. The molecule has 6 heteroatoms. The fraction of sp³-hybridized carbons (Fsp3) is 0.333. The van der Waals surface area contributed by atoms with E-state index in [0.717, 1.165) is 16.7 Å². The van der Waals surface area contributed by atoms with E-state index in [1.807, 2.05) is 11.6 Å². The van der Waals surface area contributed by atoms with Gasteiger partial charge in [-0.15, -0.1) is 0 Å². The molecule has 0 saturated heterocycles. The summed E-state index contributed by atoms with van der Waals surface area (Å²) in [4.78, 5) is 13.6. The van der Waals surface area contributed by atoms with E-state index in [-0.39, 0.29) is 5.91 Å². The summed E-state index contributed by atoms with van der Waals surface area (Å²) in [6.07, 6.45) is 3.23. The van der Waals surface area contributed by atoms with Crippen molar-refractivity contribution in [1.82, 2.24) is 14.7 Å². The number of hydrogen-bond acceptors (Lipinski definition) is 3. The van der Waals surface area contributed by atoms with Crippen LogP contribution in [0.4, 0.5) is 0 Å². The van der Waals surface area contributed by atoms with Gasteiger partial charge >= 0.3 is 0 Å². The van der Waals surface area contributed by atoms with Crippen LogP contribution in [0.5, 0.6) is 0 Å². The number of carbonyl (C=O) groups is 1. The van der Waals surface area contributed by atoms with Crippen LogP contribution in [0.25, 0.3) is 0 Å². The molecule has 5 nitrogen and oxygen atoms in total. The molecular formula is C12H14BrN3O2. The Bertz CT molecular complexity index is 534. The summed E-state index contributed by atoms with van der Waals surface area (Å²) in [5.41, 5.74) is 0.972. The number of carbonyl (C=O) groups excluding carboxylic acids is 1. The van der Waals surface area contributed by atoms with E-state index in [4.69, 9.17) is 4.42 Å². The molecule has 2 heterocycles. The highest BCUT2D eigenvalue weighted by Gasteiger charge is 2.17. The molecule has 0 spiro atoms. The maximum Gasteiger partial charge on any atom is 0.289 e. The molecule has 0 saturated carbocycles. The lowest BCUT2D eigenvalue weighted by Crippen LogP contribution is -2.27. The van der Waals surface area contributed by atoms with Crippen molar-refractivity contribution in [2.75, 3.05) is 7.05 Å². The molecule has 1 amide bonds. The predicted octanol–water partition coefficient (Wildman–Crippen LogP) is 2.53. The van der Waals surface area contributed by atoms with Gasteiger partial charge in [0.15, 0.2) is 5.76 Å². The Hall–Kier alpha value is -1.56. The molecule has 0 atom stereocenters. The van der Waals surface area contributed by atoms with Gasteiger partial charge in [0.05, 0.1) is 29.2 Å². The first kappa shape index (κ1) is 12.9. The molecule has 0 bridgehead atoms. The molecule has 2 rings (SSSR count). The quantitative estimate of drug-likeness (QED) is 0.872. The van der Waals surface area contributed by atoms with Crippen LogP contribution in [0, 0.1) is 0 Å². The zero-order valence-corrected chi connectivity index (χ0v) is 11.8. The third-order valence-electron chi connectivity index (χ3n) is 2.66. The summed E-state index contributed by atoms with van der Waals surface area (Å²) in [6.45, 7) is 3.26. The molecule has 0 fully saturated rings. The van der Waals surface area contributed by atoms with Gasteiger partial charge in [0, 0.05) is 13.6 Å². The molecule has 0 aliphatic carbocycles. The SMILES string of the molecule is CCn1ncc(Br)c1CN(C)C(=O)c1ccco1. The molecule has 0 aliphatic rings. The second kappa shape index (κ2) is 5.39. The monoisotopic (exact) mass is 311 g/mol. The molecule has 2 aromatic rings. The maximum atomic E-state index is 12.0. The molecule has 0 aliphatic heterocycles. The Balaban J connectivity index is 2.14. The van der Waals surface area contributed by atoms with Crippen LogP contribution in [0.2, 0.25) is 0 Å². The van der Waals surface area contributed by atoms with Crippen molar-refractivity contribution in [2.45, 2.75) is 20.0 Å². The van der Waals surface area contributed by atoms with Gasteiger partial charge < -0.3 is 9.32 Å². The molecule has 0 aromatic carbocycles. The molecule has 0 radical (unpaired) electrons. The van der Waals surface area contributed by atoms with Crippen molar-refractivity contribution < 1.29 is 9.21 Å². The first-order valence-corrected chi connectivity index (χ1v) is 6.42. The number of rotatable bonds is 4. The van der Waals surface area contributed by atoms with Crippen LogP contribution in [0.1, 0.15) is 23.2 Å². The Morgan fingerprint density at radius 2 is 2.39 bits per heavy atom. The predicted molar refractivity (Wildman–Crippen MR) is 70.1 cm³/mol. The van der Waals surface area contributed by atoms with E-state index in [0.29, 0.717) is 12.3 Å². The highest BCUT2D eigenvalue weighted by Crippen LogP contribution is 2.18. The molecule has 0 unspecified atom stereocenters. The van der Waals surface area contributed by atoms with Crippen molar-refractivity contribution in [3.8, 4) is 0 Å². The van der Waals surface area contributed by atoms with Gasteiger partial charge in [-0.05, 0) is 35.0 Å². The molecular weight excluding hydrogens is 298 g/mol. The zero-order valence-electron chi connectivity index (χ0n) is 10.3. The van der Waals surface area contributed by atoms with Gasteiger partial charge in [-0.2, -0.15) is 5.10 Å². The fourth-order valence-electron chi connectivity index (χ4n) is 1.70. The number of amides is 1. The number of hydrogen-bond donors (Lipinski definition) is 0. The van der Waals surface area contributed by atoms with E-state index in [1.165, 1.54) is 6.26 Å². The van der Waals surface area contributed by atoms with Gasteiger partial charge in [0.1, 0.15) is 0 Å². The van der Waals surface area contributed by atoms with Crippen molar-refractivity contribution in [2.24, 2.45) is 0 Å². The lowest BCUT2D eigenvalue weighted by Gasteiger charge is -2.16. The average molecular weight is 312 g/mol. The topological polar surface area (TPSA) is 51.3 Å². The van der Waals surface area contributed by atoms with E-state index < -0.39 is 0 Å². The van der Waals surface area contributed by atoms with Crippen molar-refractivity contribution in [3.05, 3.63) is 40.5 Å². The minimum absolute atomic E-state index is 0.143. The van der Waals surface area contributed by atoms with E-state index in [2.05, 4.69) is 21.0 Å². The van der Waals surface area contributed by atoms with E-state index >= 15 is 0 Å². The largest absolute Gasteiger partial charge is 0.459 e. The van der Waals surface area contributed by atoms with Gasteiger partial charge in [-0.3, -0.25) is 9.48 Å². The lowest BCUT2D eigenvalue weighted by atomic mass is 10.3. The van der Waals surface area contributed by atoms with Crippen LogP contribution >= 0.6 is 15.9 Å². The first-order chi connectivity index (χ1) is 8.63. The number of halogens is 1. The Kier molecular flexibility index (Phi) is 3.86. The van der Waals surface area contributed by atoms with E-state index in [1.54, 1.807) is 30.3 Å². The molecule has 96 valence electrons. The fourth-order valence-corrected chi connectivity index (χ4v) is 2.12. The summed E-state index contributed by atoms with van der Waals surface area (Å²) in [6, 6.07) is 3.36. The second-order valence-corrected chi connectivity index (χ2v) is 4.75. The summed E-state index contributed by atoms with van der Waals surface area (Å²) in [7, 11) is 1.74. The normalized spacial score (nSPS) is 10.6. The minimum Gasteiger partial charge on any atom is -0.459 e. The Labute approximate surface area is 114 Å². The van der Waals surface area contributed by atoms with E-state index in [9.17, 15) is 4.79 Å². The van der Waals surface area contributed by atoms with Crippen LogP contribution < -0.4 is 0 Å². The number of aryl methyl sites for hydroxylation is 1. The van der Waals surface area contributed by atoms with Crippen LogP contribution in [-0.2, 0) is 13.1 Å². The average Bonchev–Trinajstić information content (AvgIpc) is 2.99. The van der Waals surface area contributed by atoms with Crippen LogP contribution in [-0.4, -0.2) is 27.6 Å². The summed E-state index contributed by atoms with van der Waals surface area (Å²) in [5.74, 6) is 0.201. The minimum atomic E-state index is -0.143. The smallest absolute Gasteiger partial charge is 0.289 e. The number of nitrogens with zero attached hydrogens (tertiary/aromatic N) is 3. The molecule has 0 N–H and O–H groups in total. The molecule has 2 aromatic heterocycles. The van der Waals surface area contributed by atoms with Gasteiger partial charge in [-0.1, -0.05) is 0 Å². The van der Waals surface area contributed by atoms with Gasteiger partial charge in [-0.25, -0.2) is 0 Å². The summed E-state index contributed by atoms with van der Waals surface area (Å²) >= 11 is 3.44. The molecule has 18 heavy (non-hydrogen) atoms. The first-order valence-electron chi connectivity index (χ1n) is 5.62. The maximum absolute atomic E-state index is 12.0. The van der Waals surface area contributed by atoms with Crippen LogP contribution in [0.3, 0.4) is 0 Å². The highest BCUT2D eigenvalue weighted by atomic mass is 79.9. The summed E-state index contributed by atoms with van der Waals surface area (Å²) in [5, 5.41) is 4.22. The van der Waals surface area contributed by atoms with Crippen molar-refractivity contribution in [3.63, 3.8) is 0 Å². The highest BCUT2D eigenvalue weighted by molar-refractivity contribution is 9.10. The number of aromatic nitrogens is 2. The summed E-state index contributed by atoms with van der Waals surface area (Å²) < 4.78 is 7.86. The van der Waals surface area contributed by atoms with Crippen molar-refractivity contribution in [1.29, 1.82) is 0 Å². The zero-order chi connectivity index (χ0) is 13.1. The Morgan fingerprint density at radius 3 is 3.00 bits per heavy atom. The van der Waals surface area contributed by atoms with Gasteiger partial charge in [0.25, 0.3) is 5.91 Å². The number of furan rings is 1. The standard InChI is InChI=1S/C12H14BrN3O2/c1-3-16-10(9(13)7-14-16)8-15(2)12(17)11-5-4-6-18-11/h4-7H,3,8H2,1-2H3. The third kappa shape index (κ3) is 2.48.